The maximum absolute atomic E-state index is 13.6. The molecule has 0 bridgehead atoms. The van der Waals surface area contributed by atoms with Gasteiger partial charge < -0.3 is 0 Å². The molecule has 242 valence electrons. The van der Waals surface area contributed by atoms with E-state index in [1.807, 2.05) is 0 Å². The summed E-state index contributed by atoms with van der Waals surface area (Å²) in [6.45, 7) is 0. The summed E-state index contributed by atoms with van der Waals surface area (Å²) in [5.74, 6) is -81.8. The fraction of sp³-hybridized carbons (Fsp3) is 1.00. The third-order valence-electron chi connectivity index (χ3n) is 4.55. The zero-order valence-electron chi connectivity index (χ0n) is 16.8. The normalized spacial score (nSPS) is 17.8. The molecule has 1 unspecified atom stereocenters. The van der Waals surface area contributed by atoms with Gasteiger partial charge in [-0.2, -0.15) is 92.2 Å². The molecule has 1 atom stereocenters. The minimum absolute atomic E-state index is 4.33. The molecule has 0 fully saturated rings. The SMILES string of the molecule is FC(C(F)(F)C(F)(F)C(F)(F)C(F)(F)C(F)(F)C(F)(F)C(F)(F)C(F)(F)C(F)(F)C(F)(F)F)C(F)(F)[Si](Cl)(Cl)Cl. The van der Waals surface area contributed by atoms with Gasteiger partial charge in [0.05, 0.1) is 0 Å². The summed E-state index contributed by atoms with van der Waals surface area (Å²) in [5, 5.41) is 0. The van der Waals surface area contributed by atoms with Crippen LogP contribution < -0.4 is 0 Å². The number of hydrogen-bond donors (Lipinski definition) is 0. The van der Waals surface area contributed by atoms with Crippen molar-refractivity contribution >= 4 is 39.2 Å². The summed E-state index contributed by atoms with van der Waals surface area (Å²) in [4.78, 5) is 0. The maximum Gasteiger partial charge on any atom is 0.460 e. The Morgan fingerprint density at radius 2 is 0.550 bits per heavy atom. The Labute approximate surface area is 216 Å². The van der Waals surface area contributed by atoms with Crippen molar-refractivity contribution in [2.45, 2.75) is 71.2 Å². The zero-order chi connectivity index (χ0) is 33.6. The highest BCUT2D eigenvalue weighted by atomic mass is 35.8. The van der Waals surface area contributed by atoms with E-state index in [9.17, 15) is 105 Å². The lowest BCUT2D eigenvalue weighted by atomic mass is 9.85. The van der Waals surface area contributed by atoms with Crippen LogP contribution in [0, 0.1) is 0 Å². The van der Waals surface area contributed by atoms with Gasteiger partial charge in [-0.3, -0.25) is 0 Å². The van der Waals surface area contributed by atoms with E-state index in [1.54, 1.807) is 0 Å². The highest BCUT2D eigenvalue weighted by molar-refractivity contribution is 7.65. The summed E-state index contributed by atoms with van der Waals surface area (Å²) in [7, 11) is 0. The topological polar surface area (TPSA) is 0 Å². The third kappa shape index (κ3) is 4.82. The Balaban J connectivity index is 7.25. The van der Waals surface area contributed by atoms with Crippen LogP contribution in [0.5, 0.6) is 0 Å². The second-order valence-corrected chi connectivity index (χ2v) is 15.7. The third-order valence-corrected chi connectivity index (χ3v) is 7.83. The molecule has 0 aromatic heterocycles. The quantitative estimate of drug-likeness (QED) is 0.113. The molecule has 0 rings (SSSR count). The fourth-order valence-corrected chi connectivity index (χ4v) is 3.43. The minimum Gasteiger partial charge on any atom is -0.234 e. The van der Waals surface area contributed by atoms with Gasteiger partial charge in [-0.1, -0.05) is 0 Å². The first kappa shape index (κ1) is 39.4. The van der Waals surface area contributed by atoms with Crippen molar-refractivity contribution in [1.29, 1.82) is 0 Å². The van der Waals surface area contributed by atoms with Gasteiger partial charge in [0.1, 0.15) is 0 Å². The van der Waals surface area contributed by atoms with E-state index in [4.69, 9.17) is 0 Å². The molecule has 0 heterocycles. The number of alkyl halides is 24. The smallest absolute Gasteiger partial charge is 0.234 e. The van der Waals surface area contributed by atoms with Gasteiger partial charge in [0, 0.05) is 0 Å². The summed E-state index contributed by atoms with van der Waals surface area (Å²) < 4.78 is 317. The van der Waals surface area contributed by atoms with E-state index < -0.39 is 77.2 Å². The molecule has 0 aliphatic carbocycles. The first-order chi connectivity index (χ1) is 16.7. The standard InChI is InChI=1S/C12HCl3F24Si/c13-40(14,15)3(19,20)1(16)2(17,18)4(21,22)5(23,24)6(25,26)7(27,28)8(29,30)9(31,32)10(33,34)11(35,36)12(37,38)39/h1H. The first-order valence-corrected chi connectivity index (χ1v) is 13.2. The second-order valence-electron chi connectivity index (χ2n) is 7.20. The van der Waals surface area contributed by atoms with Crippen molar-refractivity contribution < 1.29 is 105 Å². The Hall–Kier alpha value is -0.593. The van der Waals surface area contributed by atoms with E-state index in [0.717, 1.165) is 0 Å². The molecule has 28 heteroatoms. The number of halogens is 27. The largest absolute Gasteiger partial charge is 0.460 e. The van der Waals surface area contributed by atoms with Crippen molar-refractivity contribution in [3.05, 3.63) is 0 Å². The van der Waals surface area contributed by atoms with Gasteiger partial charge in [0.2, 0.25) is 6.17 Å². The molecule has 0 radical (unpaired) electrons. The molecule has 0 spiro atoms. The molecule has 40 heavy (non-hydrogen) atoms. The van der Waals surface area contributed by atoms with E-state index in [1.165, 1.54) is 0 Å². The predicted octanol–water partition coefficient (Wildman–Crippen LogP) is 9.43. The molecule has 0 N–H and O–H groups in total. The average molecular weight is 736 g/mol. The summed E-state index contributed by atoms with van der Waals surface area (Å²) in [6, 6.07) is -6.54. The zero-order valence-corrected chi connectivity index (χ0v) is 20.1. The molecule has 0 nitrogen and oxygen atoms in total. The lowest BCUT2D eigenvalue weighted by Gasteiger charge is -2.45. The minimum atomic E-state index is -9.50. The Kier molecular flexibility index (Phi) is 9.56. The van der Waals surface area contributed by atoms with Crippen LogP contribution in [0.1, 0.15) is 0 Å². The van der Waals surface area contributed by atoms with E-state index >= 15 is 0 Å². The lowest BCUT2D eigenvalue weighted by molar-refractivity contribution is -0.475. The highest BCUT2D eigenvalue weighted by Crippen LogP contribution is 2.67. The Morgan fingerprint density at radius 3 is 0.750 bits per heavy atom. The van der Waals surface area contributed by atoms with Crippen molar-refractivity contribution in [2.24, 2.45) is 0 Å². The summed E-state index contributed by atoms with van der Waals surface area (Å²) >= 11 is 13.0. The van der Waals surface area contributed by atoms with E-state index in [-0.39, 0.29) is 0 Å². The van der Waals surface area contributed by atoms with Crippen LogP contribution in [0.25, 0.3) is 0 Å². The molecule has 0 aliphatic heterocycles. The van der Waals surface area contributed by atoms with Gasteiger partial charge in [-0.15, -0.1) is 33.2 Å². The van der Waals surface area contributed by atoms with Gasteiger partial charge in [0.25, 0.3) is 0 Å². The Morgan fingerprint density at radius 1 is 0.350 bits per heavy atom. The van der Waals surface area contributed by atoms with Crippen LogP contribution in [0.3, 0.4) is 0 Å². The van der Waals surface area contributed by atoms with Crippen LogP contribution in [0.15, 0.2) is 0 Å². The summed E-state index contributed by atoms with van der Waals surface area (Å²) in [5.41, 5.74) is -6.58. The first-order valence-electron chi connectivity index (χ1n) is 8.21. The van der Waals surface area contributed by atoms with E-state index in [2.05, 4.69) is 33.2 Å². The molecular formula is C12HCl3F24Si. The van der Waals surface area contributed by atoms with Crippen molar-refractivity contribution in [3.63, 3.8) is 0 Å². The predicted molar refractivity (Wildman–Crippen MR) is 83.7 cm³/mol. The molecule has 0 aromatic carbocycles. The van der Waals surface area contributed by atoms with Gasteiger partial charge in [-0.05, 0) is 0 Å². The average Bonchev–Trinajstić information content (AvgIpc) is 2.70. The fourth-order valence-electron chi connectivity index (χ4n) is 2.10. The van der Waals surface area contributed by atoms with Gasteiger partial charge in [0.15, 0.2) is 0 Å². The van der Waals surface area contributed by atoms with Crippen LogP contribution in [0.4, 0.5) is 105 Å². The number of hydrogen-bond acceptors (Lipinski definition) is 0. The summed E-state index contributed by atoms with van der Waals surface area (Å²) in [6.07, 6.45) is -14.6. The monoisotopic (exact) mass is 734 g/mol. The molecule has 0 saturated heterocycles. The van der Waals surface area contributed by atoms with Crippen molar-refractivity contribution in [2.75, 3.05) is 0 Å². The van der Waals surface area contributed by atoms with E-state index in [0.29, 0.717) is 0 Å². The van der Waals surface area contributed by atoms with Crippen LogP contribution in [0.2, 0.25) is 0 Å². The molecular weight excluding hydrogens is 735 g/mol. The van der Waals surface area contributed by atoms with Gasteiger partial charge >= 0.3 is 71.0 Å². The molecule has 0 saturated carbocycles. The Bertz CT molecular complexity index is 930. The maximum atomic E-state index is 13.6. The van der Waals surface area contributed by atoms with Crippen molar-refractivity contribution in [1.82, 2.24) is 0 Å². The van der Waals surface area contributed by atoms with Gasteiger partial charge in [-0.25, -0.2) is 13.2 Å². The molecule has 0 aromatic rings. The van der Waals surface area contributed by atoms with Crippen LogP contribution in [-0.2, 0) is 0 Å². The molecule has 0 aliphatic rings. The van der Waals surface area contributed by atoms with Crippen LogP contribution >= 0.6 is 33.2 Å². The second kappa shape index (κ2) is 9.71. The molecule has 0 amide bonds. The number of rotatable bonds is 11. The highest BCUT2D eigenvalue weighted by Gasteiger charge is 2.98. The van der Waals surface area contributed by atoms with Crippen molar-refractivity contribution in [3.8, 4) is 0 Å². The lowest BCUT2D eigenvalue weighted by Crippen LogP contribution is -2.77. The van der Waals surface area contributed by atoms with Crippen LogP contribution in [-0.4, -0.2) is 77.2 Å².